The molecule has 0 aliphatic carbocycles. The van der Waals surface area contributed by atoms with Crippen molar-refractivity contribution in [2.24, 2.45) is 0 Å². The lowest BCUT2D eigenvalue weighted by Crippen LogP contribution is -2.32. The molecule has 0 aliphatic heterocycles. The molecule has 1 heterocycles. The molecule has 0 fully saturated rings. The van der Waals surface area contributed by atoms with E-state index in [1.165, 1.54) is 0 Å². The summed E-state index contributed by atoms with van der Waals surface area (Å²) in [5.41, 5.74) is 6.57. The largest absolute Gasteiger partial charge is 0.494 e. The number of nitrogens with zero attached hydrogens (tertiary/aromatic N) is 2. The van der Waals surface area contributed by atoms with Crippen LogP contribution in [0.4, 0.5) is 5.82 Å². The molecule has 0 unspecified atom stereocenters. The first-order chi connectivity index (χ1) is 10.7. The number of ether oxygens (including phenoxy) is 1. The van der Waals surface area contributed by atoms with Crippen molar-refractivity contribution in [3.63, 3.8) is 0 Å². The Morgan fingerprint density at radius 2 is 2.00 bits per heavy atom. The Balaban J connectivity index is 0.00000264. The fraction of sp³-hybridized carbons (Fsp3) is 0.357. The monoisotopic (exact) mass is 341 g/mol. The van der Waals surface area contributed by atoms with Crippen LogP contribution in [0.3, 0.4) is 0 Å². The number of benzene rings is 1. The molecule has 1 aromatic heterocycles. The van der Waals surface area contributed by atoms with E-state index in [1.54, 1.807) is 0 Å². The highest BCUT2D eigenvalue weighted by Gasteiger charge is 2.14. The lowest BCUT2D eigenvalue weighted by molar-refractivity contribution is 0.0944. The number of nitrogen functional groups attached to an aromatic ring is 1. The van der Waals surface area contributed by atoms with Crippen molar-refractivity contribution in [1.29, 1.82) is 0 Å². The van der Waals surface area contributed by atoms with Gasteiger partial charge < -0.3 is 21.1 Å². The van der Waals surface area contributed by atoms with Crippen molar-refractivity contribution >= 4 is 24.1 Å². The van der Waals surface area contributed by atoms with Gasteiger partial charge >= 0.3 is 0 Å². The summed E-state index contributed by atoms with van der Waals surface area (Å²) in [5, 5.41) is 12.7. The molecule has 0 radical (unpaired) electrons. The van der Waals surface area contributed by atoms with Crippen molar-refractivity contribution < 1.29 is 14.2 Å². The number of carbonyl (C=O) groups excluding carboxylic acids is 1. The molecule has 8 nitrogen and oxygen atoms in total. The van der Waals surface area contributed by atoms with Gasteiger partial charge in [-0.2, -0.15) is 0 Å². The Hall–Kier alpha value is -2.32. The maximum atomic E-state index is 11.7. The number of nitrogens with one attached hydrogen (secondary N) is 2. The van der Waals surface area contributed by atoms with Gasteiger partial charge in [0.2, 0.25) is 11.5 Å². The highest BCUT2D eigenvalue weighted by Crippen LogP contribution is 2.11. The highest BCUT2D eigenvalue weighted by atomic mass is 35.5. The number of nitrogens with two attached hydrogens (primary N) is 1. The quantitative estimate of drug-likeness (QED) is 0.613. The number of halogens is 1. The summed E-state index contributed by atoms with van der Waals surface area (Å²) in [4.78, 5) is 11.7. The smallest absolute Gasteiger partial charge is 0.277 e. The van der Waals surface area contributed by atoms with Crippen LogP contribution in [0, 0.1) is 0 Å². The highest BCUT2D eigenvalue weighted by molar-refractivity contribution is 5.95. The number of amides is 1. The Morgan fingerprint density at radius 1 is 1.26 bits per heavy atom. The van der Waals surface area contributed by atoms with E-state index >= 15 is 0 Å². The first-order valence-electron chi connectivity index (χ1n) is 6.99. The van der Waals surface area contributed by atoms with Crippen molar-refractivity contribution in [3.8, 4) is 5.75 Å². The van der Waals surface area contributed by atoms with Gasteiger partial charge in [-0.3, -0.25) is 4.79 Å². The molecule has 0 spiro atoms. The summed E-state index contributed by atoms with van der Waals surface area (Å²) < 4.78 is 9.75. The number of anilines is 1. The van der Waals surface area contributed by atoms with Crippen LogP contribution in [0.25, 0.3) is 0 Å². The fourth-order valence-electron chi connectivity index (χ4n) is 1.80. The molecule has 0 saturated heterocycles. The van der Waals surface area contributed by atoms with Gasteiger partial charge in [-0.25, -0.2) is 4.63 Å². The maximum absolute atomic E-state index is 11.7. The summed E-state index contributed by atoms with van der Waals surface area (Å²) >= 11 is 0. The van der Waals surface area contributed by atoms with E-state index in [0.717, 1.165) is 11.3 Å². The van der Waals surface area contributed by atoms with Gasteiger partial charge in [0.05, 0.1) is 6.61 Å². The van der Waals surface area contributed by atoms with Crippen molar-refractivity contribution in [2.75, 3.05) is 25.4 Å². The predicted molar refractivity (Wildman–Crippen MR) is 87.6 cm³/mol. The number of hydrogen-bond acceptors (Lipinski definition) is 7. The maximum Gasteiger partial charge on any atom is 0.277 e. The van der Waals surface area contributed by atoms with Gasteiger partial charge in [0, 0.05) is 19.6 Å². The van der Waals surface area contributed by atoms with Crippen molar-refractivity contribution in [2.45, 2.75) is 13.5 Å². The Labute approximate surface area is 140 Å². The molecule has 1 aromatic carbocycles. The minimum absolute atomic E-state index is 0. The van der Waals surface area contributed by atoms with Crippen LogP contribution < -0.4 is 21.1 Å². The lowest BCUT2D eigenvalue weighted by atomic mass is 10.2. The predicted octanol–water partition coefficient (Wildman–Crippen LogP) is 0.992. The molecular formula is C14H20ClN5O3. The van der Waals surface area contributed by atoms with Crippen LogP contribution >= 0.6 is 12.4 Å². The summed E-state index contributed by atoms with van der Waals surface area (Å²) in [5.74, 6) is 0.443. The second kappa shape index (κ2) is 9.65. The number of hydrogen-bond donors (Lipinski definition) is 3. The van der Waals surface area contributed by atoms with Crippen LogP contribution in [-0.4, -0.2) is 35.9 Å². The summed E-state index contributed by atoms with van der Waals surface area (Å²) in [6.07, 6.45) is 0. The van der Waals surface area contributed by atoms with Gasteiger partial charge in [0.1, 0.15) is 5.75 Å². The molecule has 23 heavy (non-hydrogen) atoms. The van der Waals surface area contributed by atoms with Crippen molar-refractivity contribution in [3.05, 3.63) is 35.5 Å². The van der Waals surface area contributed by atoms with Crippen LogP contribution in [0.1, 0.15) is 23.0 Å². The van der Waals surface area contributed by atoms with E-state index in [4.69, 9.17) is 10.5 Å². The van der Waals surface area contributed by atoms with Crippen LogP contribution in [0.2, 0.25) is 0 Å². The normalized spacial score (nSPS) is 9.96. The minimum Gasteiger partial charge on any atom is -0.494 e. The molecule has 0 atom stereocenters. The molecule has 9 heteroatoms. The zero-order valence-corrected chi connectivity index (χ0v) is 13.6. The van der Waals surface area contributed by atoms with Gasteiger partial charge in [-0.15, -0.1) is 12.4 Å². The molecule has 2 aromatic rings. The molecule has 2 rings (SSSR count). The zero-order chi connectivity index (χ0) is 15.8. The zero-order valence-electron chi connectivity index (χ0n) is 12.7. The van der Waals surface area contributed by atoms with E-state index in [0.29, 0.717) is 26.2 Å². The summed E-state index contributed by atoms with van der Waals surface area (Å²) in [7, 11) is 0. The SMILES string of the molecule is CCOc1ccc(CNCCNC(=O)c2nonc2N)cc1.Cl. The van der Waals surface area contributed by atoms with Gasteiger partial charge in [0.15, 0.2) is 0 Å². The number of carbonyl (C=O) groups is 1. The Kier molecular flexibility index (Phi) is 7.86. The van der Waals surface area contributed by atoms with E-state index in [9.17, 15) is 4.79 Å². The summed E-state index contributed by atoms with van der Waals surface area (Å²) in [6, 6.07) is 7.86. The first-order valence-corrected chi connectivity index (χ1v) is 6.99. The number of rotatable bonds is 8. The molecule has 126 valence electrons. The van der Waals surface area contributed by atoms with Gasteiger partial charge in [-0.1, -0.05) is 12.1 Å². The Morgan fingerprint density at radius 3 is 2.61 bits per heavy atom. The lowest BCUT2D eigenvalue weighted by Gasteiger charge is -2.07. The standard InChI is InChI=1S/C14H19N5O3.ClH/c1-2-21-11-5-3-10(4-6-11)9-16-7-8-17-14(20)12-13(15)19-22-18-12;/h3-6,16H,2,7-9H2,1H3,(H2,15,19)(H,17,20);1H. The minimum atomic E-state index is -0.401. The average molecular weight is 342 g/mol. The summed E-state index contributed by atoms with van der Waals surface area (Å²) in [6.45, 7) is 4.37. The molecule has 1 amide bonds. The Bertz CT molecular complexity index is 603. The van der Waals surface area contributed by atoms with Gasteiger partial charge in [0.25, 0.3) is 5.91 Å². The molecular weight excluding hydrogens is 322 g/mol. The molecule has 0 saturated carbocycles. The second-order valence-electron chi connectivity index (χ2n) is 4.51. The average Bonchev–Trinajstić information content (AvgIpc) is 2.95. The third-order valence-corrected chi connectivity index (χ3v) is 2.88. The first kappa shape index (κ1) is 18.7. The molecule has 0 aliphatic rings. The molecule has 0 bridgehead atoms. The number of aromatic nitrogens is 2. The topological polar surface area (TPSA) is 115 Å². The van der Waals surface area contributed by atoms with Gasteiger partial charge in [-0.05, 0) is 34.9 Å². The third-order valence-electron chi connectivity index (χ3n) is 2.88. The van der Waals surface area contributed by atoms with Crippen LogP contribution in [0.5, 0.6) is 5.75 Å². The van der Waals surface area contributed by atoms with Crippen LogP contribution in [0.15, 0.2) is 28.9 Å². The van der Waals surface area contributed by atoms with E-state index in [-0.39, 0.29) is 23.9 Å². The van der Waals surface area contributed by atoms with Crippen molar-refractivity contribution in [1.82, 2.24) is 20.9 Å². The fourth-order valence-corrected chi connectivity index (χ4v) is 1.80. The molecule has 4 N–H and O–H groups in total. The van der Waals surface area contributed by atoms with E-state index in [2.05, 4.69) is 25.6 Å². The van der Waals surface area contributed by atoms with E-state index < -0.39 is 5.91 Å². The van der Waals surface area contributed by atoms with Crippen LogP contribution in [-0.2, 0) is 6.54 Å². The second-order valence-corrected chi connectivity index (χ2v) is 4.51. The third kappa shape index (κ3) is 5.76. The van der Waals surface area contributed by atoms with E-state index in [1.807, 2.05) is 31.2 Å².